The molecule has 0 aromatic heterocycles. The Morgan fingerprint density at radius 3 is 2.32 bits per heavy atom. The third-order valence-corrected chi connectivity index (χ3v) is 3.32. The summed E-state index contributed by atoms with van der Waals surface area (Å²) in [5, 5.41) is 18.5. The van der Waals surface area contributed by atoms with Crippen molar-refractivity contribution in [2.75, 3.05) is 0 Å². The van der Waals surface area contributed by atoms with E-state index < -0.39 is 17.4 Å². The molecule has 0 fully saturated rings. The van der Waals surface area contributed by atoms with Crippen molar-refractivity contribution >= 4 is 17.5 Å². The van der Waals surface area contributed by atoms with Crippen LogP contribution >= 0.6 is 0 Å². The van der Waals surface area contributed by atoms with Gasteiger partial charge in [0, 0.05) is 5.57 Å². The minimum Gasteiger partial charge on any atom is -0.481 e. The zero-order valence-corrected chi connectivity index (χ0v) is 10.5. The molecule has 0 spiro atoms. The average Bonchev–Trinajstić information content (AvgIpc) is 2.39. The molecule has 0 saturated carbocycles. The highest BCUT2D eigenvalue weighted by Gasteiger charge is 2.36. The van der Waals surface area contributed by atoms with Crippen LogP contribution in [0.3, 0.4) is 0 Å². The minimum atomic E-state index is -1.16. The molecule has 0 heterocycles. The van der Waals surface area contributed by atoms with Crippen molar-refractivity contribution in [3.05, 3.63) is 53.6 Å². The second kappa shape index (κ2) is 4.72. The topological polar surface area (TPSA) is 74.6 Å². The molecule has 1 aromatic rings. The van der Waals surface area contributed by atoms with Crippen LogP contribution in [0.25, 0.3) is 5.57 Å². The quantitative estimate of drug-likeness (QED) is 0.873. The minimum absolute atomic E-state index is 0.0155. The van der Waals surface area contributed by atoms with Crippen LogP contribution in [0.1, 0.15) is 18.9 Å². The zero-order valence-electron chi connectivity index (χ0n) is 10.5. The Morgan fingerprint density at radius 1 is 1.16 bits per heavy atom. The molecule has 1 atom stereocenters. The van der Waals surface area contributed by atoms with Gasteiger partial charge in [-0.2, -0.15) is 0 Å². The van der Waals surface area contributed by atoms with E-state index in [1.807, 2.05) is 30.3 Å². The Kier molecular flexibility index (Phi) is 3.25. The van der Waals surface area contributed by atoms with Gasteiger partial charge >= 0.3 is 11.9 Å². The number of aliphatic carboxylic acids is 2. The van der Waals surface area contributed by atoms with E-state index in [0.29, 0.717) is 5.57 Å². The van der Waals surface area contributed by atoms with E-state index in [1.54, 1.807) is 12.2 Å². The van der Waals surface area contributed by atoms with E-state index >= 15 is 0 Å². The molecular formula is C15H14O4. The van der Waals surface area contributed by atoms with Crippen LogP contribution in [0.4, 0.5) is 0 Å². The van der Waals surface area contributed by atoms with E-state index in [0.717, 1.165) is 5.56 Å². The average molecular weight is 258 g/mol. The zero-order chi connectivity index (χ0) is 14.0. The first-order chi connectivity index (χ1) is 8.94. The molecule has 4 nitrogen and oxygen atoms in total. The number of hydrogen-bond donors (Lipinski definition) is 2. The molecular weight excluding hydrogens is 244 g/mol. The van der Waals surface area contributed by atoms with Gasteiger partial charge in [-0.05, 0) is 24.5 Å². The van der Waals surface area contributed by atoms with Gasteiger partial charge in [0.05, 0.1) is 5.41 Å². The highest BCUT2D eigenvalue weighted by atomic mass is 16.4. The van der Waals surface area contributed by atoms with Gasteiger partial charge in [0.2, 0.25) is 0 Å². The van der Waals surface area contributed by atoms with Gasteiger partial charge in [-0.3, -0.25) is 4.79 Å². The lowest BCUT2D eigenvalue weighted by molar-refractivity contribution is -0.145. The van der Waals surface area contributed by atoms with Gasteiger partial charge in [-0.15, -0.1) is 0 Å². The molecule has 98 valence electrons. The summed E-state index contributed by atoms with van der Waals surface area (Å²) in [4.78, 5) is 22.6. The Balaban J connectivity index is 2.51. The molecule has 4 heteroatoms. The van der Waals surface area contributed by atoms with Crippen molar-refractivity contribution in [1.82, 2.24) is 0 Å². The number of allylic oxidation sites excluding steroid dienone is 2. The maximum atomic E-state index is 11.4. The molecule has 2 rings (SSSR count). The maximum Gasteiger partial charge on any atom is 0.332 e. The summed E-state index contributed by atoms with van der Waals surface area (Å²) in [6.45, 7) is 1.52. The second-order valence-corrected chi connectivity index (χ2v) is 4.80. The van der Waals surface area contributed by atoms with E-state index in [2.05, 4.69) is 0 Å². The number of carbonyl (C=O) groups is 2. The summed E-state index contributed by atoms with van der Waals surface area (Å²) >= 11 is 0. The number of carboxylic acid groups (broad SMARTS) is 2. The molecule has 0 aliphatic heterocycles. The summed E-state index contributed by atoms with van der Waals surface area (Å²) in [6, 6.07) is 9.11. The fourth-order valence-corrected chi connectivity index (χ4v) is 2.12. The van der Waals surface area contributed by atoms with Crippen LogP contribution in [0.15, 0.2) is 48.1 Å². The molecule has 0 unspecified atom stereocenters. The molecule has 2 N–H and O–H groups in total. The van der Waals surface area contributed by atoms with Gasteiger partial charge in [-0.1, -0.05) is 42.5 Å². The Hall–Kier alpha value is -2.36. The fourth-order valence-electron chi connectivity index (χ4n) is 2.12. The first-order valence-corrected chi connectivity index (χ1v) is 5.88. The first-order valence-electron chi connectivity index (χ1n) is 5.88. The summed E-state index contributed by atoms with van der Waals surface area (Å²) in [5.74, 6) is -2.09. The smallest absolute Gasteiger partial charge is 0.332 e. The van der Waals surface area contributed by atoms with Crippen LogP contribution in [-0.2, 0) is 9.59 Å². The van der Waals surface area contributed by atoms with Gasteiger partial charge in [0.25, 0.3) is 0 Å². The maximum absolute atomic E-state index is 11.4. The molecule has 1 aromatic carbocycles. The lowest BCUT2D eigenvalue weighted by Crippen LogP contribution is -2.29. The van der Waals surface area contributed by atoms with Crippen molar-refractivity contribution in [2.45, 2.75) is 13.3 Å². The van der Waals surface area contributed by atoms with Crippen molar-refractivity contribution in [3.63, 3.8) is 0 Å². The summed E-state index contributed by atoms with van der Waals surface area (Å²) in [5.41, 5.74) is 0.334. The number of hydrogen-bond acceptors (Lipinski definition) is 2. The predicted molar refractivity (Wildman–Crippen MR) is 70.5 cm³/mol. The summed E-state index contributed by atoms with van der Waals surface area (Å²) in [6.07, 6.45) is 3.14. The van der Waals surface area contributed by atoms with Gasteiger partial charge in [0.1, 0.15) is 0 Å². The molecule has 1 aliphatic carbocycles. The summed E-state index contributed by atoms with van der Waals surface area (Å²) in [7, 11) is 0. The summed E-state index contributed by atoms with van der Waals surface area (Å²) < 4.78 is 0. The fraction of sp³-hybridized carbons (Fsp3) is 0.200. The van der Waals surface area contributed by atoms with Gasteiger partial charge in [-0.25, -0.2) is 4.79 Å². The van der Waals surface area contributed by atoms with E-state index in [4.69, 9.17) is 0 Å². The molecule has 0 bridgehead atoms. The molecule has 0 radical (unpaired) electrons. The van der Waals surface area contributed by atoms with E-state index in [1.165, 1.54) is 6.92 Å². The molecule has 0 saturated heterocycles. The number of carboxylic acids is 2. The highest BCUT2D eigenvalue weighted by Crippen LogP contribution is 2.37. The van der Waals surface area contributed by atoms with Crippen LogP contribution in [0.2, 0.25) is 0 Å². The molecule has 1 aliphatic rings. The Labute approximate surface area is 110 Å². The third-order valence-electron chi connectivity index (χ3n) is 3.32. The Bertz CT molecular complexity index is 583. The standard InChI is InChI=1S/C15H14O4/c1-15(14(18)19)8-7-11(12(9-15)13(16)17)10-5-3-2-4-6-10/h2-8H,9H2,1H3,(H,16,17)(H,18,19)/t15-/m1/s1. The number of benzene rings is 1. The highest BCUT2D eigenvalue weighted by molar-refractivity contribution is 6.01. The largest absolute Gasteiger partial charge is 0.481 e. The number of rotatable bonds is 3. The van der Waals surface area contributed by atoms with Gasteiger partial charge in [0.15, 0.2) is 0 Å². The van der Waals surface area contributed by atoms with Crippen molar-refractivity contribution in [2.24, 2.45) is 5.41 Å². The normalized spacial score (nSPS) is 22.4. The van der Waals surface area contributed by atoms with Crippen molar-refractivity contribution in [3.8, 4) is 0 Å². The predicted octanol–water partition coefficient (Wildman–Crippen LogP) is 2.58. The molecule has 19 heavy (non-hydrogen) atoms. The van der Waals surface area contributed by atoms with Crippen molar-refractivity contribution in [1.29, 1.82) is 0 Å². The Morgan fingerprint density at radius 2 is 1.79 bits per heavy atom. The monoisotopic (exact) mass is 258 g/mol. The second-order valence-electron chi connectivity index (χ2n) is 4.80. The van der Waals surface area contributed by atoms with E-state index in [9.17, 15) is 19.8 Å². The van der Waals surface area contributed by atoms with Crippen LogP contribution in [0.5, 0.6) is 0 Å². The molecule has 0 amide bonds. The first kappa shape index (κ1) is 13.1. The lowest BCUT2D eigenvalue weighted by atomic mass is 9.76. The van der Waals surface area contributed by atoms with Gasteiger partial charge < -0.3 is 10.2 Å². The SMILES string of the molecule is C[C@@]1(C(=O)O)C=CC(c2ccccc2)=C(C(=O)O)C1. The van der Waals surface area contributed by atoms with Crippen LogP contribution in [-0.4, -0.2) is 22.2 Å². The van der Waals surface area contributed by atoms with Crippen LogP contribution in [0, 0.1) is 5.41 Å². The lowest BCUT2D eigenvalue weighted by Gasteiger charge is -2.26. The van der Waals surface area contributed by atoms with Crippen molar-refractivity contribution < 1.29 is 19.8 Å². The van der Waals surface area contributed by atoms with Crippen LogP contribution < -0.4 is 0 Å². The van der Waals surface area contributed by atoms with E-state index in [-0.39, 0.29) is 12.0 Å². The third kappa shape index (κ3) is 2.42.